The van der Waals surface area contributed by atoms with Crippen LogP contribution in [0, 0.1) is 0 Å². The zero-order valence-corrected chi connectivity index (χ0v) is 10.1. The average Bonchev–Trinajstić information content (AvgIpc) is 2.35. The fourth-order valence-electron chi connectivity index (χ4n) is 1.29. The predicted octanol–water partition coefficient (Wildman–Crippen LogP) is 0.599. The van der Waals surface area contributed by atoms with Crippen LogP contribution in [0.3, 0.4) is 0 Å². The molecule has 0 bridgehead atoms. The number of ether oxygens (including phenoxy) is 1. The fraction of sp³-hybridized carbons (Fsp3) is 0.500. The third-order valence-corrected chi connectivity index (χ3v) is 2.42. The molecular weight excluding hydrogens is 220 g/mol. The summed E-state index contributed by atoms with van der Waals surface area (Å²) < 4.78 is 4.89. The Hall–Kier alpha value is -1.46. The van der Waals surface area contributed by atoms with Gasteiger partial charge in [-0.05, 0) is 19.1 Å². The van der Waals surface area contributed by atoms with E-state index in [2.05, 4.69) is 10.3 Å². The Balaban J connectivity index is 2.43. The van der Waals surface area contributed by atoms with Gasteiger partial charge in [-0.1, -0.05) is 0 Å². The first-order valence-electron chi connectivity index (χ1n) is 5.45. The van der Waals surface area contributed by atoms with Gasteiger partial charge in [0.05, 0.1) is 5.60 Å². The topological polar surface area (TPSA) is 71.5 Å². The molecule has 17 heavy (non-hydrogen) atoms. The molecule has 0 aliphatic carbocycles. The number of carbonyl (C=O) groups excluding carboxylic acids is 1. The van der Waals surface area contributed by atoms with Crippen molar-refractivity contribution < 1.29 is 14.6 Å². The molecule has 1 heterocycles. The van der Waals surface area contributed by atoms with Gasteiger partial charge in [0.1, 0.15) is 0 Å². The zero-order valence-electron chi connectivity index (χ0n) is 10.1. The lowest BCUT2D eigenvalue weighted by atomic mass is 10.0. The molecule has 1 atom stereocenters. The summed E-state index contributed by atoms with van der Waals surface area (Å²) in [5.74, 6) is -0.218. The summed E-state index contributed by atoms with van der Waals surface area (Å²) in [5, 5.41) is 12.6. The lowest BCUT2D eigenvalue weighted by molar-refractivity contribution is 0.0243. The molecule has 0 radical (unpaired) electrons. The lowest BCUT2D eigenvalue weighted by Crippen LogP contribution is -2.41. The minimum absolute atomic E-state index is 0.192. The van der Waals surface area contributed by atoms with Crippen LogP contribution < -0.4 is 5.32 Å². The van der Waals surface area contributed by atoms with Gasteiger partial charge >= 0.3 is 0 Å². The second kappa shape index (κ2) is 6.32. The van der Waals surface area contributed by atoms with E-state index >= 15 is 0 Å². The molecule has 1 aromatic rings. The van der Waals surface area contributed by atoms with Crippen molar-refractivity contribution >= 4 is 5.91 Å². The van der Waals surface area contributed by atoms with Crippen molar-refractivity contribution in [2.75, 3.05) is 20.3 Å². The molecule has 0 spiro atoms. The van der Waals surface area contributed by atoms with E-state index in [1.807, 2.05) is 0 Å². The van der Waals surface area contributed by atoms with E-state index in [4.69, 9.17) is 4.74 Å². The number of hydrogen-bond donors (Lipinski definition) is 2. The van der Waals surface area contributed by atoms with E-state index in [1.165, 1.54) is 0 Å². The number of aromatic nitrogens is 1. The molecule has 0 aliphatic heterocycles. The number of nitrogens with zero attached hydrogens (tertiary/aromatic N) is 1. The number of methoxy groups -OCH3 is 1. The summed E-state index contributed by atoms with van der Waals surface area (Å²) in [6.45, 7) is 2.31. The minimum atomic E-state index is -0.960. The number of carbonyl (C=O) groups is 1. The molecule has 0 saturated carbocycles. The maximum absolute atomic E-state index is 11.7. The SMILES string of the molecule is COCCC(C)(O)CNC(=O)c1ccncc1. The smallest absolute Gasteiger partial charge is 0.251 e. The first kappa shape index (κ1) is 13.6. The number of rotatable bonds is 6. The second-order valence-electron chi connectivity index (χ2n) is 4.16. The Labute approximate surface area is 101 Å². The average molecular weight is 238 g/mol. The maximum Gasteiger partial charge on any atom is 0.251 e. The van der Waals surface area contributed by atoms with Crippen LogP contribution in [0.4, 0.5) is 0 Å². The third kappa shape index (κ3) is 4.93. The van der Waals surface area contributed by atoms with Crippen LogP contribution in [0.1, 0.15) is 23.7 Å². The van der Waals surface area contributed by atoms with Crippen molar-refractivity contribution in [3.8, 4) is 0 Å². The highest BCUT2D eigenvalue weighted by Gasteiger charge is 2.21. The van der Waals surface area contributed by atoms with Crippen LogP contribution in [0.2, 0.25) is 0 Å². The highest BCUT2D eigenvalue weighted by molar-refractivity contribution is 5.93. The van der Waals surface area contributed by atoms with Crippen LogP contribution in [0.15, 0.2) is 24.5 Å². The standard InChI is InChI=1S/C12H18N2O3/c1-12(16,5-8-17-2)9-14-11(15)10-3-6-13-7-4-10/h3-4,6-7,16H,5,8-9H2,1-2H3,(H,14,15). The highest BCUT2D eigenvalue weighted by atomic mass is 16.5. The van der Waals surface area contributed by atoms with Gasteiger partial charge in [-0.3, -0.25) is 9.78 Å². The van der Waals surface area contributed by atoms with E-state index in [0.717, 1.165) is 0 Å². The maximum atomic E-state index is 11.7. The quantitative estimate of drug-likeness (QED) is 0.761. The summed E-state index contributed by atoms with van der Waals surface area (Å²) in [4.78, 5) is 15.5. The Morgan fingerprint density at radius 3 is 2.76 bits per heavy atom. The van der Waals surface area contributed by atoms with Crippen molar-refractivity contribution in [1.29, 1.82) is 0 Å². The molecule has 94 valence electrons. The van der Waals surface area contributed by atoms with Gasteiger partial charge in [-0.25, -0.2) is 0 Å². The number of pyridine rings is 1. The minimum Gasteiger partial charge on any atom is -0.388 e. The molecule has 0 fully saturated rings. The van der Waals surface area contributed by atoms with E-state index < -0.39 is 5.60 Å². The normalized spacial score (nSPS) is 14.1. The number of aliphatic hydroxyl groups is 1. The Morgan fingerprint density at radius 2 is 2.18 bits per heavy atom. The monoisotopic (exact) mass is 238 g/mol. The van der Waals surface area contributed by atoms with Crippen LogP contribution in [0.25, 0.3) is 0 Å². The number of hydrogen-bond acceptors (Lipinski definition) is 4. The number of amides is 1. The fourth-order valence-corrected chi connectivity index (χ4v) is 1.29. The van der Waals surface area contributed by atoms with Crippen molar-refractivity contribution in [1.82, 2.24) is 10.3 Å². The predicted molar refractivity (Wildman–Crippen MR) is 63.7 cm³/mol. The molecule has 1 unspecified atom stereocenters. The van der Waals surface area contributed by atoms with Crippen LogP contribution in [-0.4, -0.2) is 41.9 Å². The molecule has 0 aliphatic rings. The van der Waals surface area contributed by atoms with E-state index in [0.29, 0.717) is 18.6 Å². The van der Waals surface area contributed by atoms with Crippen LogP contribution in [0.5, 0.6) is 0 Å². The summed E-state index contributed by atoms with van der Waals surface area (Å²) in [7, 11) is 1.58. The van der Waals surface area contributed by atoms with Gasteiger partial charge in [0.2, 0.25) is 0 Å². The van der Waals surface area contributed by atoms with Gasteiger partial charge in [0.15, 0.2) is 0 Å². The largest absolute Gasteiger partial charge is 0.388 e. The summed E-state index contributed by atoms with van der Waals surface area (Å²) in [5.41, 5.74) is -0.429. The van der Waals surface area contributed by atoms with Crippen LogP contribution >= 0.6 is 0 Å². The van der Waals surface area contributed by atoms with Gasteiger partial charge in [0, 0.05) is 44.6 Å². The van der Waals surface area contributed by atoms with Crippen molar-refractivity contribution in [2.45, 2.75) is 18.9 Å². The van der Waals surface area contributed by atoms with Gasteiger partial charge < -0.3 is 15.2 Å². The van der Waals surface area contributed by atoms with E-state index in [-0.39, 0.29) is 12.5 Å². The highest BCUT2D eigenvalue weighted by Crippen LogP contribution is 2.08. The zero-order chi connectivity index (χ0) is 12.7. The molecule has 0 aromatic carbocycles. The Morgan fingerprint density at radius 1 is 1.53 bits per heavy atom. The van der Waals surface area contributed by atoms with Gasteiger partial charge in [-0.2, -0.15) is 0 Å². The summed E-state index contributed by atoms with van der Waals surface area (Å²) >= 11 is 0. The molecule has 1 amide bonds. The van der Waals surface area contributed by atoms with Gasteiger partial charge in [0.25, 0.3) is 5.91 Å². The third-order valence-electron chi connectivity index (χ3n) is 2.42. The molecule has 2 N–H and O–H groups in total. The summed E-state index contributed by atoms with van der Waals surface area (Å²) in [6.07, 6.45) is 3.58. The molecular formula is C12H18N2O3. The van der Waals surface area contributed by atoms with Gasteiger partial charge in [-0.15, -0.1) is 0 Å². The van der Waals surface area contributed by atoms with Crippen molar-refractivity contribution in [3.05, 3.63) is 30.1 Å². The second-order valence-corrected chi connectivity index (χ2v) is 4.16. The lowest BCUT2D eigenvalue weighted by Gasteiger charge is -2.23. The first-order chi connectivity index (χ1) is 8.05. The molecule has 1 aromatic heterocycles. The summed E-state index contributed by atoms with van der Waals surface area (Å²) in [6, 6.07) is 3.25. The van der Waals surface area contributed by atoms with E-state index in [1.54, 1.807) is 38.6 Å². The molecule has 5 nitrogen and oxygen atoms in total. The van der Waals surface area contributed by atoms with E-state index in [9.17, 15) is 9.90 Å². The molecule has 1 rings (SSSR count). The van der Waals surface area contributed by atoms with Crippen LogP contribution in [-0.2, 0) is 4.74 Å². The first-order valence-corrected chi connectivity index (χ1v) is 5.45. The van der Waals surface area contributed by atoms with Crippen molar-refractivity contribution in [2.24, 2.45) is 0 Å². The Bertz CT molecular complexity index is 352. The molecule has 5 heteroatoms. The van der Waals surface area contributed by atoms with Crippen molar-refractivity contribution in [3.63, 3.8) is 0 Å². The number of nitrogens with one attached hydrogen (secondary N) is 1. The Kier molecular flexibility index (Phi) is 5.06. The molecule has 0 saturated heterocycles.